The van der Waals surface area contributed by atoms with Crippen LogP contribution in [0.1, 0.15) is 18.9 Å². The van der Waals surface area contributed by atoms with Crippen LogP contribution in [-0.2, 0) is 6.42 Å². The first kappa shape index (κ1) is 12.7. The van der Waals surface area contributed by atoms with Gasteiger partial charge in [-0.15, -0.1) is 0 Å². The predicted molar refractivity (Wildman–Crippen MR) is 58.5 cm³/mol. The number of rotatable bonds is 6. The molecule has 1 aromatic rings. The Labute approximate surface area is 94.2 Å². The summed E-state index contributed by atoms with van der Waals surface area (Å²) in [5, 5.41) is 0. The maximum atomic E-state index is 12.0. The van der Waals surface area contributed by atoms with Crippen LogP contribution >= 0.6 is 0 Å². The SMILES string of the molecule is CCCc1ccc(OCC(F)F)c(OC)c1. The fourth-order valence-electron chi connectivity index (χ4n) is 1.43. The van der Waals surface area contributed by atoms with Gasteiger partial charge in [0.25, 0.3) is 6.43 Å². The van der Waals surface area contributed by atoms with Gasteiger partial charge in [0.05, 0.1) is 7.11 Å². The summed E-state index contributed by atoms with van der Waals surface area (Å²) in [4.78, 5) is 0. The van der Waals surface area contributed by atoms with E-state index in [0.29, 0.717) is 11.5 Å². The predicted octanol–water partition coefficient (Wildman–Crippen LogP) is 3.29. The Morgan fingerprint density at radius 2 is 2.00 bits per heavy atom. The van der Waals surface area contributed by atoms with Crippen molar-refractivity contribution in [2.45, 2.75) is 26.2 Å². The molecule has 0 fully saturated rings. The van der Waals surface area contributed by atoms with Gasteiger partial charge in [0.1, 0.15) is 6.61 Å². The van der Waals surface area contributed by atoms with E-state index in [9.17, 15) is 8.78 Å². The molecule has 0 amide bonds. The van der Waals surface area contributed by atoms with Gasteiger partial charge in [0, 0.05) is 0 Å². The van der Waals surface area contributed by atoms with E-state index in [-0.39, 0.29) is 0 Å². The number of ether oxygens (including phenoxy) is 2. The summed E-state index contributed by atoms with van der Waals surface area (Å²) in [7, 11) is 1.50. The van der Waals surface area contributed by atoms with Crippen LogP contribution < -0.4 is 9.47 Å². The number of halogens is 2. The molecule has 4 heteroatoms. The van der Waals surface area contributed by atoms with E-state index in [1.165, 1.54) is 7.11 Å². The van der Waals surface area contributed by atoms with E-state index in [2.05, 4.69) is 6.92 Å². The summed E-state index contributed by atoms with van der Waals surface area (Å²) in [5.41, 5.74) is 1.11. The van der Waals surface area contributed by atoms with E-state index in [1.54, 1.807) is 6.07 Å². The van der Waals surface area contributed by atoms with Gasteiger partial charge in [-0.2, -0.15) is 0 Å². The van der Waals surface area contributed by atoms with Crippen molar-refractivity contribution in [2.75, 3.05) is 13.7 Å². The smallest absolute Gasteiger partial charge is 0.272 e. The van der Waals surface area contributed by atoms with Gasteiger partial charge in [0.2, 0.25) is 0 Å². The Kier molecular flexibility index (Phi) is 5.02. The number of hydrogen-bond acceptors (Lipinski definition) is 2. The molecule has 1 aromatic carbocycles. The van der Waals surface area contributed by atoms with Gasteiger partial charge in [-0.05, 0) is 24.1 Å². The molecule has 0 saturated carbocycles. The summed E-state index contributed by atoms with van der Waals surface area (Å²) in [6.45, 7) is 1.47. The lowest BCUT2D eigenvalue weighted by atomic mass is 10.1. The zero-order chi connectivity index (χ0) is 12.0. The summed E-state index contributed by atoms with van der Waals surface area (Å²) in [6, 6.07) is 5.36. The van der Waals surface area contributed by atoms with Crippen molar-refractivity contribution < 1.29 is 18.3 Å². The van der Waals surface area contributed by atoms with Crippen LogP contribution in [-0.4, -0.2) is 20.1 Å². The normalized spacial score (nSPS) is 10.6. The van der Waals surface area contributed by atoms with Crippen molar-refractivity contribution in [1.29, 1.82) is 0 Å². The van der Waals surface area contributed by atoms with Crippen LogP contribution in [0.15, 0.2) is 18.2 Å². The first-order valence-electron chi connectivity index (χ1n) is 5.25. The van der Waals surface area contributed by atoms with E-state index < -0.39 is 13.0 Å². The molecule has 0 aliphatic carbocycles. The van der Waals surface area contributed by atoms with Crippen LogP contribution in [0, 0.1) is 0 Å². The molecule has 1 rings (SSSR count). The second-order valence-electron chi connectivity index (χ2n) is 3.44. The lowest BCUT2D eigenvalue weighted by molar-refractivity contribution is 0.0804. The molecule has 0 aliphatic heterocycles. The molecule has 0 radical (unpaired) electrons. The third-order valence-electron chi connectivity index (χ3n) is 2.13. The Morgan fingerprint density at radius 1 is 1.25 bits per heavy atom. The minimum Gasteiger partial charge on any atom is -0.493 e. The van der Waals surface area contributed by atoms with Crippen molar-refractivity contribution in [3.63, 3.8) is 0 Å². The maximum absolute atomic E-state index is 12.0. The average Bonchev–Trinajstić information content (AvgIpc) is 2.27. The average molecular weight is 230 g/mol. The monoisotopic (exact) mass is 230 g/mol. The minimum atomic E-state index is -2.47. The number of alkyl halides is 2. The number of aryl methyl sites for hydroxylation is 1. The first-order valence-corrected chi connectivity index (χ1v) is 5.25. The summed E-state index contributed by atoms with van der Waals surface area (Å²) >= 11 is 0. The van der Waals surface area contributed by atoms with Gasteiger partial charge in [-0.1, -0.05) is 19.4 Å². The highest BCUT2D eigenvalue weighted by Gasteiger charge is 2.08. The second kappa shape index (κ2) is 6.30. The Hall–Kier alpha value is -1.32. The van der Waals surface area contributed by atoms with Crippen LogP contribution in [0.5, 0.6) is 11.5 Å². The van der Waals surface area contributed by atoms with Crippen molar-refractivity contribution in [3.05, 3.63) is 23.8 Å². The molecule has 16 heavy (non-hydrogen) atoms. The van der Waals surface area contributed by atoms with Crippen molar-refractivity contribution in [3.8, 4) is 11.5 Å². The van der Waals surface area contributed by atoms with E-state index in [0.717, 1.165) is 18.4 Å². The summed E-state index contributed by atoms with van der Waals surface area (Å²) in [5.74, 6) is 0.870. The quantitative estimate of drug-likeness (QED) is 0.746. The highest BCUT2D eigenvalue weighted by molar-refractivity contribution is 5.43. The van der Waals surface area contributed by atoms with Crippen LogP contribution in [0.3, 0.4) is 0 Å². The van der Waals surface area contributed by atoms with E-state index in [4.69, 9.17) is 9.47 Å². The Bertz CT molecular complexity index is 327. The van der Waals surface area contributed by atoms with Gasteiger partial charge in [0.15, 0.2) is 11.5 Å². The largest absolute Gasteiger partial charge is 0.493 e. The molecule has 0 atom stereocenters. The molecule has 0 unspecified atom stereocenters. The summed E-state index contributed by atoms with van der Waals surface area (Å²) in [6.07, 6.45) is -0.508. The van der Waals surface area contributed by atoms with Crippen molar-refractivity contribution in [1.82, 2.24) is 0 Å². The van der Waals surface area contributed by atoms with E-state index >= 15 is 0 Å². The van der Waals surface area contributed by atoms with Gasteiger partial charge in [-0.25, -0.2) is 8.78 Å². The first-order chi connectivity index (χ1) is 7.67. The Morgan fingerprint density at radius 3 is 2.56 bits per heavy atom. The third-order valence-corrected chi connectivity index (χ3v) is 2.13. The molecule has 90 valence electrons. The van der Waals surface area contributed by atoms with Crippen molar-refractivity contribution in [2.24, 2.45) is 0 Å². The molecule has 0 aliphatic rings. The standard InChI is InChI=1S/C12H16F2O2/c1-3-4-9-5-6-10(11(7-9)15-2)16-8-12(13)14/h5-7,12H,3-4,8H2,1-2H3. The molecular weight excluding hydrogens is 214 g/mol. The highest BCUT2D eigenvalue weighted by Crippen LogP contribution is 2.28. The zero-order valence-electron chi connectivity index (χ0n) is 9.50. The number of hydrogen-bond donors (Lipinski definition) is 0. The number of methoxy groups -OCH3 is 1. The van der Waals surface area contributed by atoms with Crippen LogP contribution in [0.2, 0.25) is 0 Å². The topological polar surface area (TPSA) is 18.5 Å². The third kappa shape index (κ3) is 3.68. The minimum absolute atomic E-state index is 0.364. The molecular formula is C12H16F2O2. The zero-order valence-corrected chi connectivity index (χ0v) is 9.50. The molecule has 0 heterocycles. The number of benzene rings is 1. The lowest BCUT2D eigenvalue weighted by Crippen LogP contribution is -2.07. The lowest BCUT2D eigenvalue weighted by Gasteiger charge is -2.11. The maximum Gasteiger partial charge on any atom is 0.272 e. The second-order valence-corrected chi connectivity index (χ2v) is 3.44. The van der Waals surface area contributed by atoms with Crippen LogP contribution in [0.25, 0.3) is 0 Å². The van der Waals surface area contributed by atoms with Gasteiger partial charge < -0.3 is 9.47 Å². The Balaban J connectivity index is 2.76. The van der Waals surface area contributed by atoms with E-state index in [1.807, 2.05) is 12.1 Å². The molecule has 2 nitrogen and oxygen atoms in total. The molecule has 0 bridgehead atoms. The fraction of sp³-hybridized carbons (Fsp3) is 0.500. The van der Waals surface area contributed by atoms with Gasteiger partial charge in [-0.3, -0.25) is 0 Å². The highest BCUT2D eigenvalue weighted by atomic mass is 19.3. The summed E-state index contributed by atoms with van der Waals surface area (Å²) < 4.78 is 34.0. The molecule has 0 saturated heterocycles. The van der Waals surface area contributed by atoms with Gasteiger partial charge >= 0.3 is 0 Å². The van der Waals surface area contributed by atoms with Crippen LogP contribution in [0.4, 0.5) is 8.78 Å². The molecule has 0 spiro atoms. The molecule has 0 N–H and O–H groups in total. The van der Waals surface area contributed by atoms with Crippen molar-refractivity contribution >= 4 is 0 Å². The fourth-order valence-corrected chi connectivity index (χ4v) is 1.43. The molecule has 0 aromatic heterocycles.